The predicted molar refractivity (Wildman–Crippen MR) is 133 cm³/mol. The summed E-state index contributed by atoms with van der Waals surface area (Å²) >= 11 is 0. The van der Waals surface area contributed by atoms with Gasteiger partial charge in [0.05, 0.1) is 5.92 Å². The van der Waals surface area contributed by atoms with Gasteiger partial charge in [0.25, 0.3) is 0 Å². The van der Waals surface area contributed by atoms with Crippen LogP contribution in [0, 0.1) is 5.92 Å². The van der Waals surface area contributed by atoms with Crippen molar-refractivity contribution in [2.45, 2.75) is 65.6 Å². The molecule has 0 aliphatic heterocycles. The molecule has 0 heterocycles. The highest BCUT2D eigenvalue weighted by Crippen LogP contribution is 2.17. The van der Waals surface area contributed by atoms with Crippen LogP contribution in [0.3, 0.4) is 0 Å². The van der Waals surface area contributed by atoms with Crippen molar-refractivity contribution < 1.29 is 38.1 Å². The molecule has 0 radical (unpaired) electrons. The van der Waals surface area contributed by atoms with Crippen LogP contribution >= 0.6 is 0 Å². The van der Waals surface area contributed by atoms with E-state index >= 15 is 0 Å². The number of carbonyl (C=O) groups excluding carboxylic acids is 4. The smallest absolute Gasteiger partial charge is 0.333 e. The van der Waals surface area contributed by atoms with Crippen molar-refractivity contribution in [2.75, 3.05) is 13.1 Å². The molecule has 0 fully saturated rings. The summed E-state index contributed by atoms with van der Waals surface area (Å²) in [5.74, 6) is -3.31. The van der Waals surface area contributed by atoms with Gasteiger partial charge in [-0.15, -0.1) is 0 Å². The summed E-state index contributed by atoms with van der Waals surface area (Å²) in [6.07, 6.45) is 0.419. The number of hydrogen-bond donors (Lipinski definition) is 0. The Balaban J connectivity index is 2.91. The van der Waals surface area contributed by atoms with E-state index in [-0.39, 0.29) is 25.7 Å². The Labute approximate surface area is 213 Å². The number of esters is 4. The molecule has 0 bridgehead atoms. The zero-order valence-corrected chi connectivity index (χ0v) is 21.4. The van der Waals surface area contributed by atoms with Gasteiger partial charge < -0.3 is 18.9 Å². The highest BCUT2D eigenvalue weighted by molar-refractivity contribution is 5.82. The van der Waals surface area contributed by atoms with Gasteiger partial charge in [0, 0.05) is 44.5 Å². The van der Waals surface area contributed by atoms with Crippen LogP contribution in [0.5, 0.6) is 0 Å². The third-order valence-electron chi connectivity index (χ3n) is 5.21. The first kappa shape index (κ1) is 30.6. The molecule has 0 saturated heterocycles. The van der Waals surface area contributed by atoms with Crippen molar-refractivity contribution in [3.8, 4) is 0 Å². The first-order chi connectivity index (χ1) is 17.3. The molecule has 0 N–H and O–H groups in total. The Hall–Kier alpha value is -3.46. The molecule has 0 aliphatic rings. The number of hydrogen-bond acceptors (Lipinski definition) is 9. The molecule has 0 aliphatic carbocycles. The van der Waals surface area contributed by atoms with E-state index < -0.39 is 42.4 Å². The van der Waals surface area contributed by atoms with Crippen LogP contribution in [0.2, 0.25) is 0 Å². The van der Waals surface area contributed by atoms with Crippen LogP contribution in [0.1, 0.15) is 52.0 Å². The van der Waals surface area contributed by atoms with Crippen LogP contribution < -0.4 is 0 Å². The molecule has 36 heavy (non-hydrogen) atoms. The normalized spacial score (nSPS) is 13.1. The number of rotatable bonds is 17. The van der Waals surface area contributed by atoms with E-state index in [1.807, 2.05) is 37.3 Å². The lowest BCUT2D eigenvalue weighted by Gasteiger charge is -2.27. The quantitative estimate of drug-likeness (QED) is 0.177. The minimum Gasteiger partial charge on any atom is -0.425 e. The highest BCUT2D eigenvalue weighted by atomic mass is 16.7. The van der Waals surface area contributed by atoms with Gasteiger partial charge in [-0.2, -0.15) is 0 Å². The van der Waals surface area contributed by atoms with Gasteiger partial charge in [0.1, 0.15) is 0 Å². The van der Waals surface area contributed by atoms with Gasteiger partial charge in [-0.25, -0.2) is 9.59 Å². The van der Waals surface area contributed by atoms with Crippen molar-refractivity contribution in [1.29, 1.82) is 0 Å². The van der Waals surface area contributed by atoms with E-state index in [4.69, 9.17) is 18.9 Å². The fraction of sp³-hybridized carbons (Fsp3) is 0.481. The first-order valence-corrected chi connectivity index (χ1v) is 12.1. The summed E-state index contributed by atoms with van der Waals surface area (Å²) in [4.78, 5) is 50.5. The van der Waals surface area contributed by atoms with Gasteiger partial charge in [-0.3, -0.25) is 14.5 Å². The molecule has 198 valence electrons. The number of carbonyl (C=O) groups is 4. The summed E-state index contributed by atoms with van der Waals surface area (Å²) in [6.45, 7) is 13.6. The Bertz CT molecular complexity index is 870. The van der Waals surface area contributed by atoms with E-state index in [1.54, 1.807) is 13.8 Å². The number of benzene rings is 1. The van der Waals surface area contributed by atoms with Gasteiger partial charge in [-0.05, 0) is 18.5 Å². The van der Waals surface area contributed by atoms with Crippen LogP contribution in [0.15, 0.2) is 55.6 Å². The van der Waals surface area contributed by atoms with Gasteiger partial charge in [0.2, 0.25) is 12.6 Å². The van der Waals surface area contributed by atoms with Gasteiger partial charge in [0.15, 0.2) is 0 Å². The van der Waals surface area contributed by atoms with Crippen LogP contribution in [0.25, 0.3) is 0 Å². The minimum atomic E-state index is -1.07. The monoisotopic (exact) mass is 503 g/mol. The van der Waals surface area contributed by atoms with Crippen molar-refractivity contribution >= 4 is 23.9 Å². The maximum Gasteiger partial charge on any atom is 0.333 e. The van der Waals surface area contributed by atoms with E-state index in [1.165, 1.54) is 0 Å². The average molecular weight is 504 g/mol. The summed E-state index contributed by atoms with van der Waals surface area (Å²) in [7, 11) is 0. The van der Waals surface area contributed by atoms with Crippen molar-refractivity contribution in [1.82, 2.24) is 4.90 Å². The second-order valence-corrected chi connectivity index (χ2v) is 7.93. The largest absolute Gasteiger partial charge is 0.425 e. The fourth-order valence-corrected chi connectivity index (χ4v) is 3.20. The molecule has 0 aromatic heterocycles. The molecular weight excluding hydrogens is 466 g/mol. The third kappa shape index (κ3) is 11.8. The van der Waals surface area contributed by atoms with E-state index in [0.29, 0.717) is 19.6 Å². The second-order valence-electron chi connectivity index (χ2n) is 7.93. The summed E-state index contributed by atoms with van der Waals surface area (Å²) in [5.41, 5.74) is 1.08. The van der Waals surface area contributed by atoms with Crippen molar-refractivity contribution in [2.24, 2.45) is 5.92 Å². The summed E-state index contributed by atoms with van der Waals surface area (Å²) in [6, 6.07) is 9.79. The fourth-order valence-electron chi connectivity index (χ4n) is 3.20. The topological polar surface area (TPSA) is 108 Å². The lowest BCUT2D eigenvalue weighted by atomic mass is 10.0. The van der Waals surface area contributed by atoms with E-state index in [0.717, 1.165) is 17.7 Å². The van der Waals surface area contributed by atoms with Crippen LogP contribution in [0.4, 0.5) is 0 Å². The Kier molecular flexibility index (Phi) is 14.5. The lowest BCUT2D eigenvalue weighted by Crippen LogP contribution is -2.36. The first-order valence-electron chi connectivity index (χ1n) is 12.1. The van der Waals surface area contributed by atoms with E-state index in [9.17, 15) is 19.2 Å². The van der Waals surface area contributed by atoms with Gasteiger partial charge >= 0.3 is 23.9 Å². The highest BCUT2D eigenvalue weighted by Gasteiger charge is 2.28. The molecular formula is C27H37NO8. The minimum absolute atomic E-state index is 0.103. The van der Waals surface area contributed by atoms with Crippen LogP contribution in [-0.4, -0.2) is 54.4 Å². The molecule has 3 unspecified atom stereocenters. The molecule has 1 aromatic rings. The Morgan fingerprint density at radius 1 is 0.861 bits per heavy atom. The molecule has 1 aromatic carbocycles. The lowest BCUT2D eigenvalue weighted by molar-refractivity contribution is -0.188. The molecule has 0 amide bonds. The average Bonchev–Trinajstić information content (AvgIpc) is 2.89. The van der Waals surface area contributed by atoms with Gasteiger partial charge in [-0.1, -0.05) is 64.3 Å². The molecule has 9 nitrogen and oxygen atoms in total. The predicted octanol–water partition coefficient (Wildman–Crippen LogP) is 3.92. The summed E-state index contributed by atoms with van der Waals surface area (Å²) in [5, 5.41) is 0. The molecule has 0 spiro atoms. The maximum absolute atomic E-state index is 13.1. The molecule has 1 rings (SSSR count). The van der Waals surface area contributed by atoms with Crippen molar-refractivity contribution in [3.05, 3.63) is 61.2 Å². The number of nitrogens with zero attached hydrogens (tertiary/aromatic N) is 1. The maximum atomic E-state index is 13.1. The third-order valence-corrected chi connectivity index (χ3v) is 5.21. The Morgan fingerprint density at radius 2 is 1.42 bits per heavy atom. The SMILES string of the molecule is C=CC(=O)OC(CC)OC(=O)CCC(CN(CC)Cc1ccccc1)C(=O)OC(CC)OC(=O)C=C. The zero-order chi connectivity index (χ0) is 26.9. The number of ether oxygens (including phenoxy) is 4. The molecule has 0 saturated carbocycles. The molecule has 3 atom stereocenters. The van der Waals surface area contributed by atoms with Crippen LogP contribution in [-0.2, 0) is 44.7 Å². The summed E-state index contributed by atoms with van der Waals surface area (Å²) < 4.78 is 20.7. The standard InChI is InChI=1S/C27H37NO8/c1-6-22(29)33-25(8-3)35-24(31)17-16-21(27(32)36-26(9-4)34-23(30)7-2)19-28(10-5)18-20-14-12-11-13-15-20/h6-7,11-15,21,25-26H,1-2,8-10,16-19H2,3-5H3. The van der Waals surface area contributed by atoms with E-state index in [2.05, 4.69) is 18.1 Å². The second kappa shape index (κ2) is 17.0. The zero-order valence-electron chi connectivity index (χ0n) is 21.4. The Morgan fingerprint density at radius 3 is 1.92 bits per heavy atom. The van der Waals surface area contributed by atoms with Crippen molar-refractivity contribution in [3.63, 3.8) is 0 Å². The molecule has 9 heteroatoms.